The third kappa shape index (κ3) is 10.9. The van der Waals surface area contributed by atoms with Gasteiger partial charge in [-0.15, -0.1) is 0 Å². The predicted molar refractivity (Wildman–Crippen MR) is 260 cm³/mol. The summed E-state index contributed by atoms with van der Waals surface area (Å²) < 4.78 is 80.6. The highest BCUT2D eigenvalue weighted by molar-refractivity contribution is 5.69. The maximum atomic E-state index is 12.8. The molecule has 0 aromatic rings. The van der Waals surface area contributed by atoms with Crippen LogP contribution in [-0.4, -0.2) is 194 Å². The average Bonchev–Trinajstić information content (AvgIpc) is 3.63. The molecule has 0 bridgehead atoms. The number of rotatable bonds is 16. The van der Waals surface area contributed by atoms with Gasteiger partial charge in [-0.3, -0.25) is 4.79 Å². The van der Waals surface area contributed by atoms with Gasteiger partial charge >= 0.3 is 5.97 Å². The molecule has 8 rings (SSSR count). The summed E-state index contributed by atoms with van der Waals surface area (Å²) in [5, 5.41) is 58.4. The zero-order valence-corrected chi connectivity index (χ0v) is 45.5. The number of hydrogen-bond acceptors (Lipinski definition) is 19. The first-order chi connectivity index (χ1) is 34.5. The van der Waals surface area contributed by atoms with Crippen molar-refractivity contribution in [3.8, 4) is 0 Å². The van der Waals surface area contributed by atoms with E-state index in [9.17, 15) is 30.3 Å². The summed E-state index contributed by atoms with van der Waals surface area (Å²) in [6.07, 6.45) is -6.71. The lowest BCUT2D eigenvalue weighted by atomic mass is 9.44. The third-order valence-electron chi connectivity index (χ3n) is 18.9. The number of ether oxygens (including phenoxy) is 13. The number of esters is 1. The molecule has 0 radical (unpaired) electrons. The van der Waals surface area contributed by atoms with Crippen LogP contribution in [0, 0.1) is 34.5 Å². The number of aliphatic hydroxyl groups excluding tert-OH is 4. The van der Waals surface area contributed by atoms with Crippen LogP contribution >= 0.6 is 0 Å². The molecule has 27 atom stereocenters. The number of carbonyl (C=O) groups is 1. The summed E-state index contributed by atoms with van der Waals surface area (Å²) in [5.74, 6) is -1.08. The minimum Gasteiger partial charge on any atom is -0.462 e. The predicted octanol–water partition coefficient (Wildman–Crippen LogP) is 4.07. The van der Waals surface area contributed by atoms with Crippen molar-refractivity contribution in [1.29, 1.82) is 0 Å². The number of aliphatic hydroxyl groups is 5. The van der Waals surface area contributed by atoms with E-state index in [4.69, 9.17) is 61.6 Å². The Morgan fingerprint density at radius 3 is 1.73 bits per heavy atom. The van der Waals surface area contributed by atoms with Crippen molar-refractivity contribution < 1.29 is 91.9 Å². The topological polar surface area (TPSA) is 238 Å². The number of allylic oxidation sites excluding steroid dienone is 1. The maximum absolute atomic E-state index is 12.8. The molecule has 4 saturated heterocycles. The van der Waals surface area contributed by atoms with Gasteiger partial charge in [0.15, 0.2) is 25.2 Å². The van der Waals surface area contributed by atoms with Crippen molar-refractivity contribution in [3.63, 3.8) is 0 Å². The molecule has 19 heteroatoms. The Bertz CT molecular complexity index is 1870. The van der Waals surface area contributed by atoms with Crippen molar-refractivity contribution >= 4 is 5.97 Å². The summed E-state index contributed by atoms with van der Waals surface area (Å²) >= 11 is 0. The van der Waals surface area contributed by atoms with Crippen LogP contribution in [0.4, 0.5) is 0 Å². The Labute approximate surface area is 432 Å². The van der Waals surface area contributed by atoms with Gasteiger partial charge in [-0.1, -0.05) is 39.3 Å². The molecule has 0 spiro atoms. The van der Waals surface area contributed by atoms with Crippen LogP contribution in [0.3, 0.4) is 0 Å². The molecular weight excluding hydrogens is 953 g/mol. The van der Waals surface area contributed by atoms with Crippen molar-refractivity contribution in [1.82, 2.24) is 0 Å². The van der Waals surface area contributed by atoms with E-state index < -0.39 is 133 Å². The standard InChI is InChI=1S/C54H90O19/c1-25(2)20-38(55)65-26(3)33-17-19-54(60)34-15-14-31-21-32(16-18-52(31,8)42(34)44(57)50(59)53(33,54)9)70-39-22-35(61-10)46(28(5)66-39)71-40-23-36(62-11)47(29(6)67-40)72-41-24-37(63-12)48(30(7)68-41)73-51-45(58)49(64-13)43(56)27(4)69-51/h14,25-30,32-37,39-51,56-60H,15-24H2,1-13H3/t26-,27-,28+,29+,30+,32+,33+,34-,35+,36+,37+,39-,40-,41-,42-,43-,44+,45-,46+,47+,48+,49+,50-,51+,52-,53+,54+/m0/s1. The second-order valence-electron chi connectivity index (χ2n) is 23.6. The summed E-state index contributed by atoms with van der Waals surface area (Å²) in [6.45, 7) is 17.3. The molecule has 4 aliphatic heterocycles. The average molecular weight is 1040 g/mol. The number of carbonyl (C=O) groups excluding carboxylic acids is 1. The molecule has 0 unspecified atom stereocenters. The van der Waals surface area contributed by atoms with Gasteiger partial charge < -0.3 is 87.1 Å². The van der Waals surface area contributed by atoms with Gasteiger partial charge in [-0.25, -0.2) is 0 Å². The monoisotopic (exact) mass is 1040 g/mol. The van der Waals surface area contributed by atoms with Gasteiger partial charge in [-0.05, 0) is 90.4 Å². The lowest BCUT2D eigenvalue weighted by Crippen LogP contribution is -2.71. The van der Waals surface area contributed by atoms with Crippen LogP contribution < -0.4 is 0 Å². The van der Waals surface area contributed by atoms with E-state index in [1.165, 1.54) is 12.7 Å². The van der Waals surface area contributed by atoms with Gasteiger partial charge in [0.25, 0.3) is 0 Å². The van der Waals surface area contributed by atoms with Gasteiger partial charge in [-0.2, -0.15) is 0 Å². The summed E-state index contributed by atoms with van der Waals surface area (Å²) in [7, 11) is 6.29. The Morgan fingerprint density at radius 1 is 0.671 bits per heavy atom. The van der Waals surface area contributed by atoms with Crippen molar-refractivity contribution in [3.05, 3.63) is 11.6 Å². The first kappa shape index (κ1) is 57.7. The highest BCUT2D eigenvalue weighted by atomic mass is 16.8. The normalized spacial score (nSPS) is 50.6. The van der Waals surface area contributed by atoms with E-state index in [-0.39, 0.29) is 41.8 Å². The van der Waals surface area contributed by atoms with Crippen molar-refractivity contribution in [2.75, 3.05) is 28.4 Å². The zero-order chi connectivity index (χ0) is 53.1. The van der Waals surface area contributed by atoms with Crippen LogP contribution in [0.15, 0.2) is 11.6 Å². The molecule has 420 valence electrons. The molecule has 3 saturated carbocycles. The Balaban J connectivity index is 0.844. The van der Waals surface area contributed by atoms with Crippen LogP contribution in [0.25, 0.3) is 0 Å². The fourth-order valence-corrected chi connectivity index (χ4v) is 14.9. The van der Waals surface area contributed by atoms with E-state index in [2.05, 4.69) is 13.0 Å². The summed E-state index contributed by atoms with van der Waals surface area (Å²) in [5.41, 5.74) is -1.61. The minimum absolute atomic E-state index is 0.151. The van der Waals surface area contributed by atoms with Gasteiger partial charge in [0.1, 0.15) is 42.7 Å². The molecule has 73 heavy (non-hydrogen) atoms. The van der Waals surface area contributed by atoms with Gasteiger partial charge in [0.2, 0.25) is 0 Å². The first-order valence-corrected chi connectivity index (χ1v) is 27.2. The highest BCUT2D eigenvalue weighted by Gasteiger charge is 2.73. The highest BCUT2D eigenvalue weighted by Crippen LogP contribution is 2.68. The molecule has 0 aromatic carbocycles. The quantitative estimate of drug-likeness (QED) is 0.108. The van der Waals surface area contributed by atoms with E-state index in [0.717, 1.165) is 0 Å². The van der Waals surface area contributed by atoms with Crippen LogP contribution in [0.2, 0.25) is 0 Å². The molecular formula is C54H90O19. The first-order valence-electron chi connectivity index (χ1n) is 27.2. The zero-order valence-electron chi connectivity index (χ0n) is 45.5. The fraction of sp³-hybridized carbons (Fsp3) is 0.944. The smallest absolute Gasteiger partial charge is 0.306 e. The van der Waals surface area contributed by atoms with Gasteiger partial charge in [0, 0.05) is 71.4 Å². The van der Waals surface area contributed by atoms with Crippen molar-refractivity contribution in [2.24, 2.45) is 34.5 Å². The van der Waals surface area contributed by atoms with Gasteiger partial charge in [0.05, 0.1) is 66.6 Å². The molecule has 7 fully saturated rings. The maximum Gasteiger partial charge on any atom is 0.306 e. The van der Waals surface area contributed by atoms with Crippen molar-refractivity contribution in [2.45, 2.75) is 261 Å². The molecule has 19 nitrogen and oxygen atoms in total. The lowest BCUT2D eigenvalue weighted by Gasteiger charge is -2.64. The van der Waals surface area contributed by atoms with Crippen LogP contribution in [-0.2, 0) is 66.4 Å². The molecule has 5 N–H and O–H groups in total. The van der Waals surface area contributed by atoms with E-state index in [0.29, 0.717) is 64.2 Å². The lowest BCUT2D eigenvalue weighted by molar-refractivity contribution is -0.355. The number of hydrogen-bond donors (Lipinski definition) is 5. The van der Waals surface area contributed by atoms with E-state index in [1.54, 1.807) is 28.3 Å². The molecule has 4 heterocycles. The van der Waals surface area contributed by atoms with Crippen LogP contribution in [0.5, 0.6) is 0 Å². The summed E-state index contributed by atoms with van der Waals surface area (Å²) in [6, 6.07) is 0. The van der Waals surface area contributed by atoms with E-state index >= 15 is 0 Å². The molecule has 0 aromatic heterocycles. The third-order valence-corrected chi connectivity index (χ3v) is 18.9. The molecule has 8 aliphatic rings. The molecule has 0 amide bonds. The molecule has 4 aliphatic carbocycles. The largest absolute Gasteiger partial charge is 0.462 e. The van der Waals surface area contributed by atoms with E-state index in [1.807, 2.05) is 48.5 Å². The second kappa shape index (κ2) is 23.1. The number of fused-ring (bicyclic) bond motifs is 5. The second-order valence-corrected chi connectivity index (χ2v) is 23.6. The Morgan fingerprint density at radius 2 is 1.21 bits per heavy atom. The Kier molecular flexibility index (Phi) is 18.2. The fourth-order valence-electron chi connectivity index (χ4n) is 14.9. The SMILES string of the molecule is CO[C@H]1[C@H](O)[C@@H](O[C@@H]2[C@@H](C)O[C@@H](O[C@@H]3[C@@H](C)O[C@@H](O[C@@H]4[C@@H](C)O[C@@H](O[C@@H]5CC[C@@]6(C)C(=CC[C@H]7[C@H]6[C@@H](O)[C@H](O)[C@@]6(C)[C@@H]([C@H](C)OC(=O)CC(C)C)CC[C@@]76O)C5)C[C@H]4OC)C[C@H]3OC)C[C@H]2OC)O[C@@H](C)[C@@H]1O. The minimum atomic E-state index is -1.25. The number of methoxy groups -OCH3 is 4. The van der Waals surface area contributed by atoms with Crippen LogP contribution in [0.1, 0.15) is 127 Å². The Hall–Kier alpha value is -1.47. The summed E-state index contributed by atoms with van der Waals surface area (Å²) in [4.78, 5) is 12.7.